The van der Waals surface area contributed by atoms with E-state index in [9.17, 15) is 28.6 Å². The molecule has 0 bridgehead atoms. The molecule has 2 heterocycles. The van der Waals surface area contributed by atoms with Crippen LogP contribution in [-0.2, 0) is 47.7 Å². The number of ether oxygens (including phenoxy) is 3. The standard InChI is InChI=1S/C13H21N2O15P3/c1-25-8(16)3-6-4-15(13(19)14-11(6)18)12-10(26-2)9(17)7(28-12)5-27-31-29-33(23,24)30-32(20,21)22/h4,7,9-10,12,17,31H,3,5H2,1-2H3,(H,23,24)(H,14,18,19)(H2,20,21,22)/t7-,9?,10?,12-/m1/s1. The van der Waals surface area contributed by atoms with Crippen molar-refractivity contribution >= 4 is 30.6 Å². The van der Waals surface area contributed by atoms with Gasteiger partial charge in [-0.2, -0.15) is 4.31 Å². The van der Waals surface area contributed by atoms with Gasteiger partial charge in [0.2, 0.25) is 0 Å². The van der Waals surface area contributed by atoms with Crippen LogP contribution in [0.2, 0.25) is 0 Å². The first kappa shape index (κ1) is 27.9. The SMILES string of the molecule is COC(=O)Cc1cn([C@@H]2O[C@H](COPOP(=O)(O)OP(=O)(O)O)C(O)C2OC)c(=O)[nH]c1=O. The van der Waals surface area contributed by atoms with Gasteiger partial charge >= 0.3 is 27.3 Å². The van der Waals surface area contributed by atoms with E-state index < -0.39 is 79.5 Å². The van der Waals surface area contributed by atoms with Gasteiger partial charge in [0.1, 0.15) is 18.3 Å². The highest BCUT2D eigenvalue weighted by Gasteiger charge is 2.46. The minimum Gasteiger partial charge on any atom is -0.469 e. The van der Waals surface area contributed by atoms with Crippen molar-refractivity contribution in [2.24, 2.45) is 0 Å². The molecule has 1 aromatic heterocycles. The number of aromatic nitrogens is 2. The minimum absolute atomic E-state index is 0.118. The number of hydrogen-bond acceptors (Lipinski definition) is 12. The molecule has 0 amide bonds. The average Bonchev–Trinajstić information content (AvgIpc) is 3.00. The number of aliphatic hydroxyl groups is 1. The molecular formula is C13H21N2O15P3. The Kier molecular flexibility index (Phi) is 9.65. The summed E-state index contributed by atoms with van der Waals surface area (Å²) in [5, 5.41) is 10.4. The van der Waals surface area contributed by atoms with Crippen molar-refractivity contribution in [3.8, 4) is 0 Å². The van der Waals surface area contributed by atoms with Crippen LogP contribution in [0.5, 0.6) is 0 Å². The van der Waals surface area contributed by atoms with Crippen molar-refractivity contribution in [3.63, 3.8) is 0 Å². The molecule has 5 N–H and O–H groups in total. The molecule has 17 nitrogen and oxygen atoms in total. The van der Waals surface area contributed by atoms with E-state index in [1.54, 1.807) is 0 Å². The van der Waals surface area contributed by atoms with Gasteiger partial charge in [0.15, 0.2) is 15.3 Å². The second kappa shape index (κ2) is 11.4. The zero-order valence-corrected chi connectivity index (χ0v) is 19.7. The molecule has 0 aromatic carbocycles. The van der Waals surface area contributed by atoms with Crippen LogP contribution < -0.4 is 11.2 Å². The van der Waals surface area contributed by atoms with Gasteiger partial charge in [0.05, 0.1) is 20.1 Å². The molecule has 0 saturated carbocycles. The number of carbonyl (C=O) groups excluding carboxylic acids is 1. The predicted octanol–water partition coefficient (Wildman–Crippen LogP) is -1.72. The van der Waals surface area contributed by atoms with Gasteiger partial charge in [-0.1, -0.05) is 0 Å². The van der Waals surface area contributed by atoms with Gasteiger partial charge in [0.25, 0.3) is 5.56 Å². The van der Waals surface area contributed by atoms with Crippen LogP contribution in [0.4, 0.5) is 0 Å². The number of methoxy groups -OCH3 is 2. The fourth-order valence-corrected chi connectivity index (χ4v) is 5.07. The Morgan fingerprint density at radius 2 is 1.94 bits per heavy atom. The molecule has 1 aliphatic heterocycles. The summed E-state index contributed by atoms with van der Waals surface area (Å²) in [5.74, 6) is -0.738. The summed E-state index contributed by atoms with van der Waals surface area (Å²) < 4.78 is 50.9. The topological polar surface area (TPSA) is 242 Å². The van der Waals surface area contributed by atoms with Crippen molar-refractivity contribution in [2.75, 3.05) is 20.8 Å². The predicted molar refractivity (Wildman–Crippen MR) is 106 cm³/mol. The molecule has 1 saturated heterocycles. The van der Waals surface area contributed by atoms with Crippen LogP contribution in [0.25, 0.3) is 0 Å². The van der Waals surface area contributed by atoms with Crippen molar-refractivity contribution in [3.05, 3.63) is 32.6 Å². The summed E-state index contributed by atoms with van der Waals surface area (Å²) in [5.41, 5.74) is -1.86. The van der Waals surface area contributed by atoms with Crippen LogP contribution in [0, 0.1) is 0 Å². The number of esters is 1. The van der Waals surface area contributed by atoms with Gasteiger partial charge in [-0.3, -0.25) is 19.1 Å². The van der Waals surface area contributed by atoms with Crippen molar-refractivity contribution < 1.29 is 61.1 Å². The van der Waals surface area contributed by atoms with Crippen LogP contribution in [0.3, 0.4) is 0 Å². The fourth-order valence-electron chi connectivity index (χ4n) is 2.75. The Morgan fingerprint density at radius 3 is 2.52 bits per heavy atom. The summed E-state index contributed by atoms with van der Waals surface area (Å²) in [7, 11) is -9.34. The van der Waals surface area contributed by atoms with Gasteiger partial charge in [-0.25, -0.2) is 18.2 Å². The molecular weight excluding hydrogens is 517 g/mol. The zero-order valence-electron chi connectivity index (χ0n) is 16.9. The second-order valence-electron chi connectivity index (χ2n) is 6.36. The quantitative estimate of drug-likeness (QED) is 0.119. The van der Waals surface area contributed by atoms with E-state index in [1.165, 1.54) is 7.11 Å². The molecule has 6 atom stereocenters. The van der Waals surface area contributed by atoms with E-state index in [0.717, 1.165) is 17.9 Å². The van der Waals surface area contributed by atoms with Crippen LogP contribution >= 0.6 is 24.7 Å². The summed E-state index contributed by atoms with van der Waals surface area (Å²) >= 11 is 0. The second-order valence-corrected chi connectivity index (χ2v) is 10.1. The maximum Gasteiger partial charge on any atom is 0.486 e. The normalized spacial score (nSPS) is 25.4. The first-order chi connectivity index (χ1) is 15.3. The summed E-state index contributed by atoms with van der Waals surface area (Å²) in [6.07, 6.45) is -4.36. The van der Waals surface area contributed by atoms with Crippen molar-refractivity contribution in [2.45, 2.75) is 31.0 Å². The van der Waals surface area contributed by atoms with E-state index in [1.807, 2.05) is 4.98 Å². The lowest BCUT2D eigenvalue weighted by Gasteiger charge is -2.20. The van der Waals surface area contributed by atoms with Crippen molar-refractivity contribution in [1.29, 1.82) is 0 Å². The van der Waals surface area contributed by atoms with E-state index >= 15 is 0 Å². The smallest absolute Gasteiger partial charge is 0.469 e. The Morgan fingerprint density at radius 1 is 1.27 bits per heavy atom. The number of hydrogen-bond donors (Lipinski definition) is 5. The first-order valence-electron chi connectivity index (χ1n) is 8.70. The van der Waals surface area contributed by atoms with Gasteiger partial charge < -0.3 is 38.5 Å². The lowest BCUT2D eigenvalue weighted by Crippen LogP contribution is -2.40. The molecule has 2 rings (SSSR count). The molecule has 1 fully saturated rings. The minimum atomic E-state index is -5.30. The monoisotopic (exact) mass is 538 g/mol. The summed E-state index contributed by atoms with van der Waals surface area (Å²) in [4.78, 5) is 64.0. The fraction of sp³-hybridized carbons (Fsp3) is 0.615. The summed E-state index contributed by atoms with van der Waals surface area (Å²) in [6.45, 7) is -0.473. The van der Waals surface area contributed by atoms with E-state index in [0.29, 0.717) is 0 Å². The summed E-state index contributed by atoms with van der Waals surface area (Å²) in [6, 6.07) is 0. The van der Waals surface area contributed by atoms with Gasteiger partial charge in [-0.15, -0.1) is 0 Å². The highest BCUT2D eigenvalue weighted by molar-refractivity contribution is 7.63. The van der Waals surface area contributed by atoms with E-state index in [4.69, 9.17) is 28.7 Å². The van der Waals surface area contributed by atoms with E-state index in [2.05, 4.69) is 13.4 Å². The molecule has 20 heteroatoms. The number of phosphoric acid groups is 2. The van der Waals surface area contributed by atoms with E-state index in [-0.39, 0.29) is 5.56 Å². The molecule has 188 valence electrons. The zero-order chi connectivity index (χ0) is 25.0. The Bertz CT molecular complexity index is 1050. The molecule has 0 spiro atoms. The Hall–Kier alpha value is -1.32. The number of carbonyl (C=O) groups is 1. The highest BCUT2D eigenvalue weighted by atomic mass is 31.3. The van der Waals surface area contributed by atoms with Gasteiger partial charge in [0, 0.05) is 18.9 Å². The number of H-pyrrole nitrogens is 1. The third-order valence-corrected chi connectivity index (χ3v) is 7.31. The molecule has 4 unspecified atom stereocenters. The Balaban J connectivity index is 2.10. The third-order valence-electron chi connectivity index (χ3n) is 4.13. The molecule has 0 radical (unpaired) electrons. The number of aromatic amines is 1. The first-order valence-corrected chi connectivity index (χ1v) is 12.5. The third kappa shape index (κ3) is 7.86. The largest absolute Gasteiger partial charge is 0.486 e. The average molecular weight is 538 g/mol. The van der Waals surface area contributed by atoms with Crippen molar-refractivity contribution in [1.82, 2.24) is 9.55 Å². The molecule has 1 aliphatic rings. The highest BCUT2D eigenvalue weighted by Crippen LogP contribution is 2.60. The maximum absolute atomic E-state index is 12.3. The van der Waals surface area contributed by atoms with Crippen LogP contribution in [-0.4, -0.2) is 74.4 Å². The lowest BCUT2D eigenvalue weighted by molar-refractivity contribution is -0.139. The number of rotatable bonds is 11. The lowest BCUT2D eigenvalue weighted by atomic mass is 10.1. The Labute approximate surface area is 186 Å². The van der Waals surface area contributed by atoms with Gasteiger partial charge in [-0.05, 0) is 0 Å². The molecule has 0 aliphatic carbocycles. The number of nitrogens with zero attached hydrogens (tertiary/aromatic N) is 1. The molecule has 33 heavy (non-hydrogen) atoms. The maximum atomic E-state index is 12.3. The molecule has 1 aromatic rings. The van der Waals surface area contributed by atoms with Crippen LogP contribution in [0.1, 0.15) is 11.8 Å². The van der Waals surface area contributed by atoms with Crippen LogP contribution in [0.15, 0.2) is 15.8 Å². The number of aliphatic hydroxyl groups excluding tert-OH is 1. The number of nitrogens with one attached hydrogen (secondary N) is 1.